The molecule has 1 amide bonds. The first kappa shape index (κ1) is 23.2. The van der Waals surface area contributed by atoms with Gasteiger partial charge in [-0.1, -0.05) is 24.3 Å². The maximum atomic E-state index is 13.9. The second-order valence-electron chi connectivity index (χ2n) is 7.64. The Morgan fingerprint density at radius 2 is 1.59 bits per heavy atom. The normalized spacial score (nSPS) is 13.9. The first-order valence-electron chi connectivity index (χ1n) is 10.4. The van der Waals surface area contributed by atoms with Gasteiger partial charge in [0.05, 0.1) is 16.3 Å². The fourth-order valence-corrected chi connectivity index (χ4v) is 4.88. The Morgan fingerprint density at radius 3 is 2.29 bits per heavy atom. The van der Waals surface area contributed by atoms with Crippen LogP contribution < -0.4 is 9.62 Å². The topological polar surface area (TPSA) is 93.5 Å². The second kappa shape index (κ2) is 9.49. The molecule has 1 fully saturated rings. The summed E-state index contributed by atoms with van der Waals surface area (Å²) >= 11 is 0. The van der Waals surface area contributed by atoms with Crippen molar-refractivity contribution in [1.82, 2.24) is 4.90 Å². The number of benzene rings is 3. The van der Waals surface area contributed by atoms with Crippen molar-refractivity contribution in [3.63, 3.8) is 0 Å². The minimum Gasteiger partial charge on any atom is -0.367 e. The van der Waals surface area contributed by atoms with Crippen LogP contribution in [0.2, 0.25) is 0 Å². The van der Waals surface area contributed by atoms with E-state index in [1.807, 2.05) is 11.0 Å². The number of carbonyl (C=O) groups is 1. The smallest absolute Gasteiger partial charge is 0.262 e. The van der Waals surface area contributed by atoms with Crippen molar-refractivity contribution in [1.29, 1.82) is 5.26 Å². The summed E-state index contributed by atoms with van der Waals surface area (Å²) < 4.78 is 55.5. The first-order chi connectivity index (χ1) is 16.3. The summed E-state index contributed by atoms with van der Waals surface area (Å²) in [4.78, 5) is 16.3. The van der Waals surface area contributed by atoms with Crippen molar-refractivity contribution in [3.8, 4) is 6.07 Å². The largest absolute Gasteiger partial charge is 0.367 e. The highest BCUT2D eigenvalue weighted by Gasteiger charge is 2.25. The lowest BCUT2D eigenvalue weighted by atomic mass is 10.1. The van der Waals surface area contributed by atoms with E-state index >= 15 is 0 Å². The molecule has 0 spiro atoms. The lowest BCUT2D eigenvalue weighted by Crippen LogP contribution is -2.49. The third kappa shape index (κ3) is 4.70. The van der Waals surface area contributed by atoms with Gasteiger partial charge in [-0.05, 0) is 42.5 Å². The van der Waals surface area contributed by atoms with Crippen molar-refractivity contribution < 1.29 is 22.0 Å². The van der Waals surface area contributed by atoms with Crippen LogP contribution in [0.3, 0.4) is 0 Å². The van der Waals surface area contributed by atoms with Crippen molar-refractivity contribution in [2.45, 2.75) is 4.90 Å². The minimum absolute atomic E-state index is 0.0393. The Hall–Kier alpha value is -3.97. The molecule has 3 aromatic rings. The number of anilines is 2. The van der Waals surface area contributed by atoms with Crippen LogP contribution in [0.15, 0.2) is 71.6 Å². The molecule has 0 unspecified atom stereocenters. The zero-order chi connectivity index (χ0) is 24.3. The van der Waals surface area contributed by atoms with E-state index in [4.69, 9.17) is 0 Å². The lowest BCUT2D eigenvalue weighted by molar-refractivity contribution is 0.0746. The van der Waals surface area contributed by atoms with Gasteiger partial charge >= 0.3 is 0 Å². The van der Waals surface area contributed by atoms with Crippen molar-refractivity contribution in [2.24, 2.45) is 0 Å². The van der Waals surface area contributed by atoms with Gasteiger partial charge < -0.3 is 9.80 Å². The molecule has 0 aromatic heterocycles. The Balaban J connectivity index is 1.48. The number of hydrogen-bond acceptors (Lipinski definition) is 5. The van der Waals surface area contributed by atoms with E-state index in [1.165, 1.54) is 54.6 Å². The molecule has 0 bridgehead atoms. The zero-order valence-electron chi connectivity index (χ0n) is 17.9. The molecule has 0 radical (unpaired) electrons. The zero-order valence-corrected chi connectivity index (χ0v) is 18.7. The van der Waals surface area contributed by atoms with Crippen LogP contribution in [0.25, 0.3) is 0 Å². The quantitative estimate of drug-likeness (QED) is 0.600. The number of hydrogen-bond donors (Lipinski definition) is 1. The highest BCUT2D eigenvalue weighted by Crippen LogP contribution is 2.25. The number of sulfonamides is 1. The highest BCUT2D eigenvalue weighted by atomic mass is 32.2. The van der Waals surface area contributed by atoms with Crippen LogP contribution in [0.4, 0.5) is 20.2 Å². The summed E-state index contributed by atoms with van der Waals surface area (Å²) in [5.41, 5.74) is 0.419. The molecule has 34 heavy (non-hydrogen) atoms. The molecule has 10 heteroatoms. The van der Waals surface area contributed by atoms with Crippen LogP contribution >= 0.6 is 0 Å². The molecule has 7 nitrogen and oxygen atoms in total. The average Bonchev–Trinajstić information content (AvgIpc) is 2.85. The maximum absolute atomic E-state index is 13.9. The van der Waals surface area contributed by atoms with Crippen LogP contribution in [0, 0.1) is 23.0 Å². The molecule has 1 aliphatic rings. The first-order valence-corrected chi connectivity index (χ1v) is 11.9. The number of nitrogens with zero attached hydrogens (tertiary/aromatic N) is 3. The predicted octanol–water partition coefficient (Wildman–Crippen LogP) is 3.60. The summed E-state index contributed by atoms with van der Waals surface area (Å²) in [7, 11) is -4.11. The molecule has 174 valence electrons. The molecular weight excluding hydrogens is 462 g/mol. The maximum Gasteiger partial charge on any atom is 0.262 e. The molecular formula is C24H20F2N4O3S. The number of amides is 1. The van der Waals surface area contributed by atoms with Gasteiger partial charge in [-0.25, -0.2) is 17.2 Å². The summed E-state index contributed by atoms with van der Waals surface area (Å²) in [5, 5.41) is 9.26. The lowest BCUT2D eigenvalue weighted by Gasteiger charge is -2.36. The van der Waals surface area contributed by atoms with Crippen LogP contribution in [-0.4, -0.2) is 45.4 Å². The number of piperazine rings is 1. The SMILES string of the molecule is N#Cc1c(F)cccc1N1CCN(C(=O)c2cccc(S(=O)(=O)Nc3ccccc3F)c2)CC1. The highest BCUT2D eigenvalue weighted by molar-refractivity contribution is 7.92. The minimum atomic E-state index is -4.11. The fourth-order valence-electron chi connectivity index (χ4n) is 3.76. The van der Waals surface area contributed by atoms with Crippen LogP contribution in [-0.2, 0) is 10.0 Å². The van der Waals surface area contributed by atoms with E-state index in [2.05, 4.69) is 4.72 Å². The van der Waals surface area contributed by atoms with E-state index in [1.54, 1.807) is 11.0 Å². The molecule has 1 N–H and O–H groups in total. The van der Waals surface area contributed by atoms with E-state index in [9.17, 15) is 27.3 Å². The van der Waals surface area contributed by atoms with Gasteiger partial charge in [-0.2, -0.15) is 5.26 Å². The molecule has 0 saturated carbocycles. The van der Waals surface area contributed by atoms with Crippen molar-refractivity contribution in [3.05, 3.63) is 89.5 Å². The second-order valence-corrected chi connectivity index (χ2v) is 9.32. The Bertz CT molecular complexity index is 1380. The number of halogens is 2. The molecule has 1 aliphatic heterocycles. The monoisotopic (exact) mass is 482 g/mol. The van der Waals surface area contributed by atoms with Gasteiger partial charge in [0.15, 0.2) is 0 Å². The van der Waals surface area contributed by atoms with Gasteiger partial charge in [-0.15, -0.1) is 0 Å². The van der Waals surface area contributed by atoms with Crippen molar-refractivity contribution >= 4 is 27.3 Å². The molecule has 1 heterocycles. The number of rotatable bonds is 5. The number of nitrogens with one attached hydrogen (secondary N) is 1. The number of carbonyl (C=O) groups excluding carboxylic acids is 1. The summed E-state index contributed by atoms with van der Waals surface area (Å²) in [6, 6.07) is 17.2. The van der Waals surface area contributed by atoms with Gasteiger partial charge in [-0.3, -0.25) is 9.52 Å². The van der Waals surface area contributed by atoms with Crippen LogP contribution in [0.1, 0.15) is 15.9 Å². The predicted molar refractivity (Wildman–Crippen MR) is 123 cm³/mol. The van der Waals surface area contributed by atoms with Crippen molar-refractivity contribution in [2.75, 3.05) is 35.8 Å². The van der Waals surface area contributed by atoms with Gasteiger partial charge in [0.25, 0.3) is 15.9 Å². The summed E-state index contributed by atoms with van der Waals surface area (Å²) in [6.45, 7) is 1.39. The molecule has 0 aliphatic carbocycles. The fraction of sp³-hybridized carbons (Fsp3) is 0.167. The van der Waals surface area contributed by atoms with E-state index in [0.717, 1.165) is 6.07 Å². The Morgan fingerprint density at radius 1 is 0.912 bits per heavy atom. The standard InChI is InChI=1S/C24H20F2N4O3S/c25-20-8-4-10-23(19(20)16-27)29-11-13-30(14-12-29)24(31)17-5-3-6-18(15-17)34(32,33)28-22-9-2-1-7-21(22)26/h1-10,15,28H,11-14H2. The number of nitriles is 1. The number of para-hydroxylation sites is 1. The molecule has 1 saturated heterocycles. The summed E-state index contributed by atoms with van der Waals surface area (Å²) in [6.07, 6.45) is 0. The van der Waals surface area contributed by atoms with E-state index in [0.29, 0.717) is 31.9 Å². The van der Waals surface area contributed by atoms with Crippen LogP contribution in [0.5, 0.6) is 0 Å². The third-order valence-corrected chi connectivity index (χ3v) is 6.88. The molecule has 3 aromatic carbocycles. The van der Waals surface area contributed by atoms with E-state index < -0.39 is 21.7 Å². The van der Waals surface area contributed by atoms with Gasteiger partial charge in [0.1, 0.15) is 23.3 Å². The summed E-state index contributed by atoms with van der Waals surface area (Å²) in [5.74, 6) is -1.67. The Kier molecular flexibility index (Phi) is 6.47. The molecule has 4 rings (SSSR count). The van der Waals surface area contributed by atoms with Gasteiger partial charge in [0, 0.05) is 31.7 Å². The van der Waals surface area contributed by atoms with Gasteiger partial charge in [0.2, 0.25) is 0 Å². The third-order valence-electron chi connectivity index (χ3n) is 5.52. The Labute approximate surface area is 195 Å². The average molecular weight is 483 g/mol. The molecule has 0 atom stereocenters. The van der Waals surface area contributed by atoms with E-state index in [-0.39, 0.29) is 27.6 Å².